The summed E-state index contributed by atoms with van der Waals surface area (Å²) in [5.74, 6) is 1.61. The average Bonchev–Trinajstić information content (AvgIpc) is 2.47. The third-order valence-corrected chi connectivity index (χ3v) is 3.65. The summed E-state index contributed by atoms with van der Waals surface area (Å²) in [6.45, 7) is 1.93. The Hall–Kier alpha value is -2.09. The van der Waals surface area contributed by atoms with Crippen LogP contribution in [0.4, 0.5) is 0 Å². The van der Waals surface area contributed by atoms with Gasteiger partial charge in [0.2, 0.25) is 0 Å². The smallest absolute Gasteiger partial charge is 0.131 e. The molecule has 2 aromatic carbocycles. The minimum atomic E-state index is -0.133. The quantitative estimate of drug-likeness (QED) is 0.772. The second kappa shape index (κ2) is 4.88. The van der Waals surface area contributed by atoms with Gasteiger partial charge in [0.25, 0.3) is 0 Å². The maximum Gasteiger partial charge on any atom is 0.131 e. The number of hydrogen-bond acceptors (Lipinski definition) is 2. The zero-order chi connectivity index (χ0) is 13.2. The highest BCUT2D eigenvalue weighted by atomic mass is 16.5. The van der Waals surface area contributed by atoms with Crippen molar-refractivity contribution in [1.82, 2.24) is 0 Å². The van der Waals surface area contributed by atoms with E-state index in [2.05, 4.69) is 0 Å². The van der Waals surface area contributed by atoms with Crippen LogP contribution in [-0.4, -0.2) is 6.29 Å². The third kappa shape index (κ3) is 1.93. The molecule has 0 aliphatic carbocycles. The van der Waals surface area contributed by atoms with Crippen LogP contribution in [-0.2, 0) is 4.79 Å². The van der Waals surface area contributed by atoms with Crippen LogP contribution < -0.4 is 4.74 Å². The summed E-state index contributed by atoms with van der Waals surface area (Å²) in [4.78, 5) is 11.4. The van der Waals surface area contributed by atoms with Gasteiger partial charge in [-0.05, 0) is 18.6 Å². The molecule has 0 aromatic heterocycles. The van der Waals surface area contributed by atoms with Crippen molar-refractivity contribution in [3.8, 4) is 11.5 Å². The number of aldehydes is 1. The number of carbonyl (C=O) groups is 1. The van der Waals surface area contributed by atoms with Crippen molar-refractivity contribution in [2.75, 3.05) is 0 Å². The number of carbonyl (C=O) groups excluding carboxylic acids is 1. The van der Waals surface area contributed by atoms with Gasteiger partial charge in [0.05, 0.1) is 0 Å². The molecule has 0 bridgehead atoms. The molecule has 0 N–H and O–H groups in total. The molecule has 2 aromatic rings. The largest absolute Gasteiger partial charge is 0.457 e. The van der Waals surface area contributed by atoms with Crippen LogP contribution in [0, 0.1) is 12.3 Å². The van der Waals surface area contributed by atoms with Gasteiger partial charge >= 0.3 is 0 Å². The van der Waals surface area contributed by atoms with Crippen molar-refractivity contribution >= 4 is 6.29 Å². The van der Waals surface area contributed by atoms with E-state index in [9.17, 15) is 4.79 Å². The Balaban J connectivity index is 2.19. The topological polar surface area (TPSA) is 26.3 Å². The lowest BCUT2D eigenvalue weighted by Crippen LogP contribution is -2.19. The van der Waals surface area contributed by atoms with Gasteiger partial charge in [0, 0.05) is 23.0 Å². The first-order valence-electron chi connectivity index (χ1n) is 6.45. The normalized spacial score (nSPS) is 15.0. The maximum atomic E-state index is 11.4. The highest BCUT2D eigenvalue weighted by Crippen LogP contribution is 2.47. The molecular weight excluding hydrogens is 236 g/mol. The van der Waals surface area contributed by atoms with Crippen molar-refractivity contribution in [3.05, 3.63) is 66.1 Å². The molecule has 1 aliphatic rings. The summed E-state index contributed by atoms with van der Waals surface area (Å²) < 4.78 is 5.92. The Kier molecular flexibility index (Phi) is 3.08. The lowest BCUT2D eigenvalue weighted by atomic mass is 9.78. The van der Waals surface area contributed by atoms with Crippen LogP contribution in [0.2, 0.25) is 0 Å². The van der Waals surface area contributed by atoms with Gasteiger partial charge in [-0.3, -0.25) is 0 Å². The first-order chi connectivity index (χ1) is 9.35. The van der Waals surface area contributed by atoms with E-state index in [0.29, 0.717) is 0 Å². The van der Waals surface area contributed by atoms with Crippen LogP contribution in [0.15, 0.2) is 48.5 Å². The van der Waals surface area contributed by atoms with E-state index in [4.69, 9.17) is 4.74 Å². The molecular formula is C17H15O2. The summed E-state index contributed by atoms with van der Waals surface area (Å²) in [6, 6.07) is 15.9. The standard InChI is InChI=1S/C17H15O2/c1-2-12(11-18)17-13-7-3-5-9-15(13)19-16-10-6-4-8-14(16)17/h2-12,17H,1H3. The molecule has 0 saturated heterocycles. The summed E-state index contributed by atoms with van der Waals surface area (Å²) in [6.07, 6.45) is 2.97. The van der Waals surface area contributed by atoms with Gasteiger partial charge in [-0.2, -0.15) is 0 Å². The Bertz CT molecular complexity index is 558. The molecule has 2 nitrogen and oxygen atoms in total. The number of hydrogen-bond donors (Lipinski definition) is 0. The van der Waals surface area contributed by atoms with Gasteiger partial charge in [0.15, 0.2) is 0 Å². The van der Waals surface area contributed by atoms with E-state index < -0.39 is 0 Å². The monoisotopic (exact) mass is 251 g/mol. The van der Waals surface area contributed by atoms with Gasteiger partial charge in [-0.1, -0.05) is 43.3 Å². The van der Waals surface area contributed by atoms with Gasteiger partial charge < -0.3 is 9.53 Å². The van der Waals surface area contributed by atoms with Gasteiger partial charge in [0.1, 0.15) is 17.8 Å². The Morgan fingerprint density at radius 2 is 1.53 bits per heavy atom. The molecule has 1 radical (unpaired) electrons. The van der Waals surface area contributed by atoms with Crippen LogP contribution in [0.5, 0.6) is 11.5 Å². The Labute approximate surface area is 113 Å². The zero-order valence-electron chi connectivity index (χ0n) is 10.7. The molecule has 0 saturated carbocycles. The van der Waals surface area contributed by atoms with Crippen molar-refractivity contribution in [1.29, 1.82) is 0 Å². The van der Waals surface area contributed by atoms with E-state index in [1.165, 1.54) is 0 Å². The molecule has 2 heteroatoms. The van der Waals surface area contributed by atoms with E-state index in [1.54, 1.807) is 0 Å². The summed E-state index contributed by atoms with van der Waals surface area (Å²) in [7, 11) is 0. The van der Waals surface area contributed by atoms with Crippen LogP contribution >= 0.6 is 0 Å². The second-order valence-corrected chi connectivity index (χ2v) is 4.70. The van der Waals surface area contributed by atoms with Crippen LogP contribution in [0.25, 0.3) is 0 Å². The number of fused-ring (bicyclic) bond motifs is 2. The lowest BCUT2D eigenvalue weighted by Gasteiger charge is -2.31. The van der Waals surface area contributed by atoms with Crippen molar-refractivity contribution in [2.24, 2.45) is 5.92 Å². The minimum Gasteiger partial charge on any atom is -0.457 e. The first kappa shape index (κ1) is 12.0. The van der Waals surface area contributed by atoms with E-state index in [0.717, 1.165) is 28.9 Å². The van der Waals surface area contributed by atoms with Gasteiger partial charge in [-0.15, -0.1) is 0 Å². The number of benzene rings is 2. The number of ether oxygens (including phenoxy) is 1. The fraction of sp³-hybridized carbons (Fsp3) is 0.176. The first-order valence-corrected chi connectivity index (χ1v) is 6.45. The fourth-order valence-electron chi connectivity index (χ4n) is 2.71. The van der Waals surface area contributed by atoms with Gasteiger partial charge in [-0.25, -0.2) is 0 Å². The highest BCUT2D eigenvalue weighted by Gasteiger charge is 2.32. The second-order valence-electron chi connectivity index (χ2n) is 4.70. The highest BCUT2D eigenvalue weighted by molar-refractivity contribution is 5.64. The molecule has 0 fully saturated rings. The van der Waals surface area contributed by atoms with Crippen LogP contribution in [0.3, 0.4) is 0 Å². The Morgan fingerprint density at radius 3 is 2.00 bits per heavy atom. The molecule has 0 spiro atoms. The third-order valence-electron chi connectivity index (χ3n) is 3.65. The van der Waals surface area contributed by atoms with E-state index in [1.807, 2.05) is 61.9 Å². The molecule has 3 rings (SSSR count). The molecule has 0 amide bonds. The molecule has 1 unspecified atom stereocenters. The van der Waals surface area contributed by atoms with Crippen LogP contribution in [0.1, 0.15) is 24.0 Å². The summed E-state index contributed by atoms with van der Waals surface area (Å²) >= 11 is 0. The zero-order valence-corrected chi connectivity index (χ0v) is 10.7. The van der Waals surface area contributed by atoms with E-state index >= 15 is 0 Å². The maximum absolute atomic E-state index is 11.4. The van der Waals surface area contributed by atoms with E-state index in [-0.39, 0.29) is 11.8 Å². The predicted octanol–water partition coefficient (Wildman–Crippen LogP) is 3.96. The van der Waals surface area contributed by atoms with Crippen molar-refractivity contribution in [2.45, 2.75) is 12.8 Å². The molecule has 95 valence electrons. The Morgan fingerprint density at radius 1 is 1.00 bits per heavy atom. The summed E-state index contributed by atoms with van der Waals surface area (Å²) in [5.41, 5.74) is 2.16. The molecule has 19 heavy (non-hydrogen) atoms. The molecule has 1 atom stereocenters. The fourth-order valence-corrected chi connectivity index (χ4v) is 2.71. The minimum absolute atomic E-state index is 0.0450. The predicted molar refractivity (Wildman–Crippen MR) is 74.3 cm³/mol. The molecule has 1 aliphatic heterocycles. The number of rotatable bonds is 3. The summed E-state index contributed by atoms with van der Waals surface area (Å²) in [5, 5.41) is 0. The number of para-hydroxylation sites is 2. The average molecular weight is 251 g/mol. The van der Waals surface area contributed by atoms with Crippen molar-refractivity contribution in [3.63, 3.8) is 0 Å². The van der Waals surface area contributed by atoms with Crippen molar-refractivity contribution < 1.29 is 9.53 Å². The molecule has 1 heterocycles. The SMILES string of the molecule is C[CH]C(C=O)C1c2ccccc2Oc2ccccc21. The lowest BCUT2D eigenvalue weighted by molar-refractivity contribution is -0.110.